The van der Waals surface area contributed by atoms with Gasteiger partial charge in [0.15, 0.2) is 0 Å². The fraction of sp³-hybridized carbons (Fsp3) is 0.462. The molecule has 1 aliphatic heterocycles. The van der Waals surface area contributed by atoms with Gasteiger partial charge in [-0.3, -0.25) is 9.78 Å². The molecule has 1 amide bonds. The van der Waals surface area contributed by atoms with Gasteiger partial charge in [-0.05, 0) is 18.9 Å². The summed E-state index contributed by atoms with van der Waals surface area (Å²) in [6.45, 7) is 1.89. The Kier molecular flexibility index (Phi) is 2.63. The van der Waals surface area contributed by atoms with E-state index in [4.69, 9.17) is 5.26 Å². The Morgan fingerprint density at radius 3 is 2.89 bits per heavy atom. The molecule has 2 heterocycles. The lowest BCUT2D eigenvalue weighted by molar-refractivity contribution is -0.131. The first-order chi connectivity index (χ1) is 8.79. The molecule has 0 bridgehead atoms. The van der Waals surface area contributed by atoms with Crippen molar-refractivity contribution < 1.29 is 4.79 Å². The highest BCUT2D eigenvalue weighted by Gasteiger charge is 2.36. The fourth-order valence-electron chi connectivity index (χ4n) is 2.40. The smallest absolute Gasteiger partial charge is 0.242 e. The highest BCUT2D eigenvalue weighted by molar-refractivity contribution is 5.84. The molecule has 1 aromatic heterocycles. The lowest BCUT2D eigenvalue weighted by atomic mass is 10.2. The van der Waals surface area contributed by atoms with E-state index in [0.29, 0.717) is 18.2 Å². The lowest BCUT2D eigenvalue weighted by Gasteiger charge is -2.35. The summed E-state index contributed by atoms with van der Waals surface area (Å²) in [5.74, 6) is 0.163. The minimum absolute atomic E-state index is 0.163. The zero-order valence-corrected chi connectivity index (χ0v) is 10.0. The van der Waals surface area contributed by atoms with Crippen molar-refractivity contribution in [2.24, 2.45) is 0 Å². The van der Waals surface area contributed by atoms with E-state index in [0.717, 1.165) is 31.6 Å². The van der Waals surface area contributed by atoms with E-state index < -0.39 is 0 Å². The van der Waals surface area contributed by atoms with E-state index >= 15 is 0 Å². The van der Waals surface area contributed by atoms with Crippen LogP contribution >= 0.6 is 0 Å². The van der Waals surface area contributed by atoms with Gasteiger partial charge in [0, 0.05) is 25.3 Å². The number of piperazine rings is 1. The minimum Gasteiger partial charge on any atom is -0.358 e. The van der Waals surface area contributed by atoms with Crippen LogP contribution in [0.15, 0.2) is 18.5 Å². The van der Waals surface area contributed by atoms with Gasteiger partial charge in [0.2, 0.25) is 5.91 Å². The van der Waals surface area contributed by atoms with E-state index in [2.05, 4.69) is 11.1 Å². The van der Waals surface area contributed by atoms with Gasteiger partial charge in [-0.2, -0.15) is 5.26 Å². The molecular formula is C13H14N4O. The molecule has 1 saturated carbocycles. The molecule has 18 heavy (non-hydrogen) atoms. The summed E-state index contributed by atoms with van der Waals surface area (Å²) in [5.41, 5.74) is 1.35. The number of anilines is 1. The topological polar surface area (TPSA) is 60.2 Å². The Balaban J connectivity index is 1.78. The van der Waals surface area contributed by atoms with E-state index in [1.807, 2.05) is 9.80 Å². The normalized spacial score (nSPS) is 19.8. The molecule has 1 saturated heterocycles. The van der Waals surface area contributed by atoms with E-state index in [1.54, 1.807) is 18.5 Å². The fourth-order valence-corrected chi connectivity index (χ4v) is 2.40. The maximum Gasteiger partial charge on any atom is 0.242 e. The molecule has 0 spiro atoms. The summed E-state index contributed by atoms with van der Waals surface area (Å²) in [6, 6.07) is 4.31. The monoisotopic (exact) mass is 242 g/mol. The van der Waals surface area contributed by atoms with Crippen LogP contribution in [0.3, 0.4) is 0 Å². The number of hydrogen-bond donors (Lipinski definition) is 0. The molecule has 2 fully saturated rings. The number of carbonyl (C=O) groups excluding carboxylic acids is 1. The Morgan fingerprint density at radius 2 is 2.22 bits per heavy atom. The van der Waals surface area contributed by atoms with Gasteiger partial charge in [-0.25, -0.2) is 0 Å². The highest BCUT2D eigenvalue weighted by Crippen LogP contribution is 2.29. The summed E-state index contributed by atoms with van der Waals surface area (Å²) in [6.07, 6.45) is 5.55. The van der Waals surface area contributed by atoms with E-state index in [1.165, 1.54) is 0 Å². The van der Waals surface area contributed by atoms with E-state index in [-0.39, 0.29) is 5.91 Å². The number of hydrogen-bond acceptors (Lipinski definition) is 4. The van der Waals surface area contributed by atoms with Gasteiger partial charge in [0.25, 0.3) is 0 Å². The zero-order valence-electron chi connectivity index (χ0n) is 10.0. The first-order valence-corrected chi connectivity index (χ1v) is 6.18. The number of pyridine rings is 1. The molecule has 0 atom stereocenters. The van der Waals surface area contributed by atoms with Gasteiger partial charge in [-0.1, -0.05) is 0 Å². The van der Waals surface area contributed by atoms with Crippen molar-refractivity contribution in [1.82, 2.24) is 9.88 Å². The molecule has 1 aromatic rings. The summed E-state index contributed by atoms with van der Waals surface area (Å²) >= 11 is 0. The molecule has 0 radical (unpaired) electrons. The van der Waals surface area contributed by atoms with Crippen LogP contribution in [0.1, 0.15) is 18.4 Å². The third-order valence-corrected chi connectivity index (χ3v) is 3.51. The van der Waals surface area contributed by atoms with Crippen LogP contribution in [0.5, 0.6) is 0 Å². The minimum atomic E-state index is 0.163. The zero-order chi connectivity index (χ0) is 12.5. The molecule has 92 valence electrons. The van der Waals surface area contributed by atoms with Crippen molar-refractivity contribution in [2.45, 2.75) is 18.9 Å². The Hall–Kier alpha value is -2.09. The molecule has 3 rings (SSSR count). The third kappa shape index (κ3) is 1.90. The highest BCUT2D eigenvalue weighted by atomic mass is 16.2. The van der Waals surface area contributed by atoms with Crippen molar-refractivity contribution in [3.05, 3.63) is 24.0 Å². The van der Waals surface area contributed by atoms with Crippen LogP contribution in [0.2, 0.25) is 0 Å². The molecule has 5 nitrogen and oxygen atoms in total. The van der Waals surface area contributed by atoms with Crippen LogP contribution in [0.4, 0.5) is 5.69 Å². The average Bonchev–Trinajstić information content (AvgIpc) is 3.23. The van der Waals surface area contributed by atoms with Crippen molar-refractivity contribution >= 4 is 11.6 Å². The first-order valence-electron chi connectivity index (χ1n) is 6.18. The van der Waals surface area contributed by atoms with Crippen LogP contribution in [0, 0.1) is 11.3 Å². The molecule has 0 N–H and O–H groups in total. The predicted octanol–water partition coefficient (Wildman–Crippen LogP) is 0.764. The van der Waals surface area contributed by atoms with Crippen molar-refractivity contribution in [3.8, 4) is 6.07 Å². The van der Waals surface area contributed by atoms with Crippen LogP contribution < -0.4 is 4.90 Å². The second kappa shape index (κ2) is 4.30. The quantitative estimate of drug-likeness (QED) is 0.768. The Labute approximate surface area is 106 Å². The van der Waals surface area contributed by atoms with Crippen molar-refractivity contribution in [3.63, 3.8) is 0 Å². The number of rotatable bonds is 2. The molecule has 0 unspecified atom stereocenters. The maximum absolute atomic E-state index is 12.0. The first kappa shape index (κ1) is 11.0. The molecular weight excluding hydrogens is 228 g/mol. The second-order valence-electron chi connectivity index (χ2n) is 4.74. The number of nitriles is 1. The lowest BCUT2D eigenvalue weighted by Crippen LogP contribution is -2.51. The van der Waals surface area contributed by atoms with Gasteiger partial charge in [-0.15, -0.1) is 0 Å². The third-order valence-electron chi connectivity index (χ3n) is 3.51. The van der Waals surface area contributed by atoms with Crippen LogP contribution in [-0.2, 0) is 4.79 Å². The molecule has 1 aliphatic carbocycles. The predicted molar refractivity (Wildman–Crippen MR) is 65.9 cm³/mol. The van der Waals surface area contributed by atoms with Gasteiger partial charge in [0.1, 0.15) is 6.07 Å². The number of nitrogens with zero attached hydrogens (tertiary/aromatic N) is 4. The van der Waals surface area contributed by atoms with E-state index in [9.17, 15) is 4.79 Å². The van der Waals surface area contributed by atoms with Crippen LogP contribution in [-0.4, -0.2) is 41.5 Å². The Morgan fingerprint density at radius 1 is 1.39 bits per heavy atom. The second-order valence-corrected chi connectivity index (χ2v) is 4.74. The van der Waals surface area contributed by atoms with Crippen molar-refractivity contribution in [2.75, 3.05) is 24.5 Å². The summed E-state index contributed by atoms with van der Waals surface area (Å²) in [5, 5.41) is 9.07. The molecule has 5 heteroatoms. The molecule has 0 aromatic carbocycles. The number of amides is 1. The summed E-state index contributed by atoms with van der Waals surface area (Å²) in [4.78, 5) is 20.0. The Bertz CT molecular complexity index is 518. The van der Waals surface area contributed by atoms with Crippen LogP contribution in [0.25, 0.3) is 0 Å². The average molecular weight is 242 g/mol. The maximum atomic E-state index is 12.0. The summed E-state index contributed by atoms with van der Waals surface area (Å²) < 4.78 is 0. The van der Waals surface area contributed by atoms with Gasteiger partial charge < -0.3 is 9.80 Å². The van der Waals surface area contributed by atoms with Gasteiger partial charge in [0.05, 0.1) is 24.0 Å². The largest absolute Gasteiger partial charge is 0.358 e. The number of carbonyl (C=O) groups is 1. The molecule has 2 aliphatic rings. The van der Waals surface area contributed by atoms with Gasteiger partial charge >= 0.3 is 0 Å². The number of aromatic nitrogens is 1. The SMILES string of the molecule is N#Cc1ccncc1N1CCN(C2CC2)C(=O)C1. The van der Waals surface area contributed by atoms with Crippen molar-refractivity contribution in [1.29, 1.82) is 5.26 Å². The summed E-state index contributed by atoms with van der Waals surface area (Å²) in [7, 11) is 0. The standard InChI is InChI=1S/C13H14N4O/c14-7-10-3-4-15-8-12(10)16-5-6-17(11-1-2-11)13(18)9-16/h3-4,8,11H,1-2,5-6,9H2.